The van der Waals surface area contributed by atoms with Gasteiger partial charge in [0.1, 0.15) is 0 Å². The molecule has 0 saturated heterocycles. The van der Waals surface area contributed by atoms with E-state index in [0.717, 1.165) is 17.9 Å². The molecule has 2 aromatic rings. The molecule has 0 unspecified atom stereocenters. The Kier molecular flexibility index (Phi) is 4.24. The predicted molar refractivity (Wildman–Crippen MR) is 74.7 cm³/mol. The van der Waals surface area contributed by atoms with Crippen LogP contribution in [0.15, 0.2) is 53.4 Å². The third kappa shape index (κ3) is 3.11. The molecule has 2 rings (SSSR count). The van der Waals surface area contributed by atoms with Crippen LogP contribution in [0.4, 0.5) is 0 Å². The van der Waals surface area contributed by atoms with Crippen molar-refractivity contribution in [1.82, 2.24) is 0 Å². The molecule has 0 bridgehead atoms. The van der Waals surface area contributed by atoms with Crippen LogP contribution in [0.2, 0.25) is 0 Å². The van der Waals surface area contributed by atoms with Crippen LogP contribution in [0.1, 0.15) is 5.56 Å². The summed E-state index contributed by atoms with van der Waals surface area (Å²) in [4.78, 5) is 1.02. The van der Waals surface area contributed by atoms with Gasteiger partial charge in [-0.1, -0.05) is 42.5 Å². The Hall–Kier alpha value is -1.25. The molecular formula is C15H16OS. The van der Waals surface area contributed by atoms with E-state index in [-0.39, 0.29) is 0 Å². The van der Waals surface area contributed by atoms with E-state index in [1.54, 1.807) is 7.11 Å². The van der Waals surface area contributed by atoms with Gasteiger partial charge in [-0.3, -0.25) is 0 Å². The maximum atomic E-state index is 5.08. The molecule has 1 nitrogen and oxygen atoms in total. The quantitative estimate of drug-likeness (QED) is 0.804. The van der Waals surface area contributed by atoms with Crippen molar-refractivity contribution in [1.29, 1.82) is 0 Å². The largest absolute Gasteiger partial charge is 0.384 e. The molecule has 0 saturated carbocycles. The van der Waals surface area contributed by atoms with E-state index in [4.69, 9.17) is 4.74 Å². The first-order valence-corrected chi connectivity index (χ1v) is 6.12. The van der Waals surface area contributed by atoms with Gasteiger partial charge in [0.2, 0.25) is 0 Å². The Morgan fingerprint density at radius 3 is 2.47 bits per heavy atom. The summed E-state index contributed by atoms with van der Waals surface area (Å²) >= 11 is 4.56. The van der Waals surface area contributed by atoms with Crippen molar-refractivity contribution in [3.8, 4) is 11.1 Å². The van der Waals surface area contributed by atoms with Crippen LogP contribution in [0.5, 0.6) is 0 Å². The number of rotatable bonds is 4. The van der Waals surface area contributed by atoms with Gasteiger partial charge >= 0.3 is 0 Å². The van der Waals surface area contributed by atoms with Crippen LogP contribution in [0.3, 0.4) is 0 Å². The van der Waals surface area contributed by atoms with E-state index in [1.165, 1.54) is 16.7 Å². The van der Waals surface area contributed by atoms with E-state index < -0.39 is 0 Å². The summed E-state index contributed by atoms with van der Waals surface area (Å²) in [5.41, 5.74) is 3.64. The minimum atomic E-state index is 0.748. The van der Waals surface area contributed by atoms with Gasteiger partial charge in [0, 0.05) is 12.0 Å². The van der Waals surface area contributed by atoms with Gasteiger partial charge < -0.3 is 4.74 Å². The Morgan fingerprint density at radius 1 is 1.06 bits per heavy atom. The molecule has 0 aromatic heterocycles. The second-order valence-corrected chi connectivity index (χ2v) is 4.44. The molecule has 0 atom stereocenters. The number of benzene rings is 2. The van der Waals surface area contributed by atoms with Gasteiger partial charge in [0.15, 0.2) is 0 Å². The fourth-order valence-electron chi connectivity index (χ4n) is 1.81. The molecule has 0 N–H and O–H groups in total. The smallest absolute Gasteiger partial charge is 0.0502 e. The van der Waals surface area contributed by atoms with Gasteiger partial charge in [-0.05, 0) is 29.2 Å². The monoisotopic (exact) mass is 244 g/mol. The zero-order valence-corrected chi connectivity index (χ0v) is 10.8. The van der Waals surface area contributed by atoms with Crippen molar-refractivity contribution in [2.24, 2.45) is 0 Å². The van der Waals surface area contributed by atoms with Crippen molar-refractivity contribution >= 4 is 12.6 Å². The van der Waals surface area contributed by atoms with Crippen LogP contribution < -0.4 is 0 Å². The summed E-state index contributed by atoms with van der Waals surface area (Å²) in [5.74, 6) is 0. The first-order chi connectivity index (χ1) is 8.31. The molecule has 0 spiro atoms. The highest BCUT2D eigenvalue weighted by Gasteiger charge is 2.03. The maximum Gasteiger partial charge on any atom is 0.0502 e. The van der Waals surface area contributed by atoms with Gasteiger partial charge in [0.05, 0.1) is 6.61 Å². The van der Waals surface area contributed by atoms with Crippen molar-refractivity contribution in [3.05, 3.63) is 54.1 Å². The van der Waals surface area contributed by atoms with E-state index in [0.29, 0.717) is 0 Å². The maximum absolute atomic E-state index is 5.08. The van der Waals surface area contributed by atoms with Crippen molar-refractivity contribution in [2.75, 3.05) is 13.7 Å². The number of hydrogen-bond donors (Lipinski definition) is 1. The third-order valence-electron chi connectivity index (χ3n) is 2.74. The second-order valence-electron chi connectivity index (χ2n) is 3.96. The summed E-state index contributed by atoms with van der Waals surface area (Å²) in [5, 5.41) is 0. The predicted octanol–water partition coefficient (Wildman–Crippen LogP) is 3.83. The number of methoxy groups -OCH3 is 1. The Labute approximate surface area is 108 Å². The molecule has 0 aliphatic rings. The Balaban J connectivity index is 2.26. The lowest BCUT2D eigenvalue weighted by Gasteiger charge is -2.08. The zero-order valence-electron chi connectivity index (χ0n) is 9.89. The summed E-state index contributed by atoms with van der Waals surface area (Å²) < 4.78 is 5.08. The van der Waals surface area contributed by atoms with Gasteiger partial charge in [0.25, 0.3) is 0 Å². The molecule has 0 radical (unpaired) electrons. The normalized spacial score (nSPS) is 10.5. The second kappa shape index (κ2) is 5.89. The molecule has 0 aliphatic heterocycles. The third-order valence-corrected chi connectivity index (χ3v) is 3.11. The molecule has 0 heterocycles. The molecule has 2 aromatic carbocycles. The van der Waals surface area contributed by atoms with Gasteiger partial charge in [-0.2, -0.15) is 0 Å². The van der Waals surface area contributed by atoms with E-state index in [2.05, 4.69) is 43.0 Å². The van der Waals surface area contributed by atoms with Crippen molar-refractivity contribution in [2.45, 2.75) is 11.3 Å². The van der Waals surface area contributed by atoms with Gasteiger partial charge in [-0.25, -0.2) is 0 Å². The Bertz CT molecular complexity index is 480. The number of ether oxygens (including phenoxy) is 1. The van der Waals surface area contributed by atoms with Gasteiger partial charge in [-0.15, -0.1) is 12.6 Å². The summed E-state index contributed by atoms with van der Waals surface area (Å²) in [6.07, 6.45) is 0.930. The zero-order chi connectivity index (χ0) is 12.1. The standard InChI is InChI=1S/C15H16OS/c1-16-10-9-12-7-8-14(15(17)11-12)13-5-3-2-4-6-13/h2-8,11,17H,9-10H2,1H3. The highest BCUT2D eigenvalue weighted by atomic mass is 32.1. The first-order valence-electron chi connectivity index (χ1n) is 5.67. The summed E-state index contributed by atoms with van der Waals surface area (Å²) in [6, 6.07) is 16.7. The SMILES string of the molecule is COCCc1ccc(-c2ccccc2)c(S)c1. The van der Waals surface area contributed by atoms with E-state index in [1.807, 2.05) is 18.2 Å². The number of thiol groups is 1. The Morgan fingerprint density at radius 2 is 1.82 bits per heavy atom. The lowest BCUT2D eigenvalue weighted by atomic mass is 10.0. The lowest BCUT2D eigenvalue weighted by Crippen LogP contribution is -1.94. The average molecular weight is 244 g/mol. The van der Waals surface area contributed by atoms with Crippen molar-refractivity contribution < 1.29 is 4.74 Å². The molecule has 17 heavy (non-hydrogen) atoms. The van der Waals surface area contributed by atoms with Crippen LogP contribution in [0.25, 0.3) is 11.1 Å². The number of hydrogen-bond acceptors (Lipinski definition) is 2. The minimum Gasteiger partial charge on any atom is -0.384 e. The molecule has 88 valence electrons. The molecule has 0 aliphatic carbocycles. The highest BCUT2D eigenvalue weighted by Crippen LogP contribution is 2.27. The van der Waals surface area contributed by atoms with E-state index >= 15 is 0 Å². The van der Waals surface area contributed by atoms with E-state index in [9.17, 15) is 0 Å². The molecule has 0 amide bonds. The molecular weight excluding hydrogens is 228 g/mol. The molecule has 0 fully saturated rings. The summed E-state index contributed by atoms with van der Waals surface area (Å²) in [7, 11) is 1.72. The highest BCUT2D eigenvalue weighted by molar-refractivity contribution is 7.80. The van der Waals surface area contributed by atoms with Crippen LogP contribution >= 0.6 is 12.6 Å². The fourth-order valence-corrected chi connectivity index (χ4v) is 2.18. The average Bonchev–Trinajstić information content (AvgIpc) is 2.37. The molecule has 2 heteroatoms. The fraction of sp³-hybridized carbons (Fsp3) is 0.200. The minimum absolute atomic E-state index is 0.748. The lowest BCUT2D eigenvalue weighted by molar-refractivity contribution is 0.202. The van der Waals surface area contributed by atoms with Crippen LogP contribution in [-0.4, -0.2) is 13.7 Å². The van der Waals surface area contributed by atoms with Crippen LogP contribution in [0, 0.1) is 0 Å². The summed E-state index contributed by atoms with van der Waals surface area (Å²) in [6.45, 7) is 0.748. The van der Waals surface area contributed by atoms with Crippen molar-refractivity contribution in [3.63, 3.8) is 0 Å². The topological polar surface area (TPSA) is 9.23 Å². The van der Waals surface area contributed by atoms with Crippen LogP contribution in [-0.2, 0) is 11.2 Å². The first kappa shape index (κ1) is 12.2.